The molecular weight excluding hydrogens is 258 g/mol. The molecule has 0 bridgehead atoms. The number of primary amides is 1. The second-order valence-electron chi connectivity index (χ2n) is 5.25. The highest BCUT2D eigenvalue weighted by atomic mass is 16.1. The predicted octanol–water partition coefficient (Wildman–Crippen LogP) is 4.25. The third-order valence-corrected chi connectivity index (χ3v) is 4.03. The van der Waals surface area contributed by atoms with Crippen LogP contribution in [0.1, 0.15) is 10.4 Å². The summed E-state index contributed by atoms with van der Waals surface area (Å²) >= 11 is 0. The zero-order valence-corrected chi connectivity index (χ0v) is 11.3. The van der Waals surface area contributed by atoms with Gasteiger partial charge in [-0.05, 0) is 44.5 Å². The molecule has 2 heteroatoms. The zero-order valence-electron chi connectivity index (χ0n) is 11.3. The van der Waals surface area contributed by atoms with Crippen LogP contribution in [-0.4, -0.2) is 5.91 Å². The van der Waals surface area contributed by atoms with Crippen molar-refractivity contribution in [2.24, 2.45) is 5.73 Å². The minimum atomic E-state index is -0.394. The van der Waals surface area contributed by atoms with Crippen LogP contribution < -0.4 is 5.73 Å². The van der Waals surface area contributed by atoms with Crippen LogP contribution in [0, 0.1) is 0 Å². The van der Waals surface area contributed by atoms with Crippen molar-refractivity contribution in [1.82, 2.24) is 0 Å². The molecule has 0 saturated carbocycles. The van der Waals surface area contributed by atoms with Crippen molar-refractivity contribution in [3.8, 4) is 0 Å². The maximum absolute atomic E-state index is 11.4. The Balaban J connectivity index is 2.20. The Morgan fingerprint density at radius 3 is 2.05 bits per heavy atom. The standard InChI is InChI=1S/C19H13NO/c20-19(21)14-6-5-13-8-9-16-15-4-2-1-3-12(15)7-10-17(16)18(13)11-14/h1-11H,(H2,20,21). The molecule has 0 aromatic heterocycles. The smallest absolute Gasteiger partial charge is 0.248 e. The molecule has 4 rings (SSSR count). The SMILES string of the molecule is NC(=O)c1ccc2ccc3c4ccccc4ccc3c2c1. The number of nitrogens with two attached hydrogens (primary N) is 1. The Hall–Kier alpha value is -2.87. The second kappa shape index (κ2) is 4.32. The Kier molecular flexibility index (Phi) is 2.45. The van der Waals surface area contributed by atoms with Crippen LogP contribution in [0.25, 0.3) is 32.3 Å². The van der Waals surface area contributed by atoms with E-state index in [0.717, 1.165) is 16.2 Å². The summed E-state index contributed by atoms with van der Waals surface area (Å²) in [7, 11) is 0. The maximum atomic E-state index is 11.4. The lowest BCUT2D eigenvalue weighted by Crippen LogP contribution is -2.10. The van der Waals surface area contributed by atoms with Crippen molar-refractivity contribution in [3.05, 3.63) is 72.3 Å². The first kappa shape index (κ1) is 11.9. The van der Waals surface area contributed by atoms with E-state index in [1.54, 1.807) is 6.07 Å². The molecule has 0 fully saturated rings. The van der Waals surface area contributed by atoms with Crippen molar-refractivity contribution >= 4 is 38.2 Å². The summed E-state index contributed by atoms with van der Waals surface area (Å²) in [5.74, 6) is -0.394. The topological polar surface area (TPSA) is 43.1 Å². The normalized spacial score (nSPS) is 11.2. The molecule has 0 unspecified atom stereocenters. The first-order valence-corrected chi connectivity index (χ1v) is 6.88. The molecule has 0 spiro atoms. The number of rotatable bonds is 1. The number of carbonyl (C=O) groups excluding carboxylic acids is 1. The number of fused-ring (bicyclic) bond motifs is 5. The van der Waals surface area contributed by atoms with Crippen molar-refractivity contribution in [2.45, 2.75) is 0 Å². The fourth-order valence-electron chi connectivity index (χ4n) is 2.97. The van der Waals surface area contributed by atoms with Crippen LogP contribution in [0.15, 0.2) is 66.7 Å². The predicted molar refractivity (Wildman–Crippen MR) is 87.5 cm³/mol. The number of carbonyl (C=O) groups is 1. The van der Waals surface area contributed by atoms with Gasteiger partial charge in [-0.3, -0.25) is 4.79 Å². The van der Waals surface area contributed by atoms with Crippen LogP contribution in [0.4, 0.5) is 0 Å². The van der Waals surface area contributed by atoms with Gasteiger partial charge in [-0.15, -0.1) is 0 Å². The third kappa shape index (κ3) is 1.77. The highest BCUT2D eigenvalue weighted by Gasteiger charge is 2.07. The Bertz CT molecular complexity index is 1020. The number of hydrogen-bond donors (Lipinski definition) is 1. The van der Waals surface area contributed by atoms with Crippen LogP contribution in [-0.2, 0) is 0 Å². The first-order valence-electron chi connectivity index (χ1n) is 6.88. The molecule has 0 radical (unpaired) electrons. The Morgan fingerprint density at radius 2 is 1.29 bits per heavy atom. The van der Waals surface area contributed by atoms with Gasteiger partial charge in [0.15, 0.2) is 0 Å². The zero-order chi connectivity index (χ0) is 14.4. The summed E-state index contributed by atoms with van der Waals surface area (Å²) in [4.78, 5) is 11.4. The highest BCUT2D eigenvalue weighted by Crippen LogP contribution is 2.31. The van der Waals surface area contributed by atoms with E-state index in [4.69, 9.17) is 5.73 Å². The summed E-state index contributed by atoms with van der Waals surface area (Å²) < 4.78 is 0. The van der Waals surface area contributed by atoms with Gasteiger partial charge in [0.25, 0.3) is 0 Å². The summed E-state index contributed by atoms with van der Waals surface area (Å²) in [5.41, 5.74) is 5.95. The van der Waals surface area contributed by atoms with Gasteiger partial charge >= 0.3 is 0 Å². The molecule has 4 aromatic carbocycles. The van der Waals surface area contributed by atoms with E-state index in [2.05, 4.69) is 36.4 Å². The van der Waals surface area contributed by atoms with Gasteiger partial charge in [0.2, 0.25) is 5.91 Å². The fraction of sp³-hybridized carbons (Fsp3) is 0. The van der Waals surface area contributed by atoms with Gasteiger partial charge < -0.3 is 5.73 Å². The van der Waals surface area contributed by atoms with Gasteiger partial charge in [0.1, 0.15) is 0 Å². The lowest BCUT2D eigenvalue weighted by Gasteiger charge is -2.08. The Morgan fingerprint density at radius 1 is 0.667 bits per heavy atom. The lowest BCUT2D eigenvalue weighted by atomic mass is 9.96. The number of benzene rings is 4. The Labute approximate surface area is 121 Å². The molecule has 2 nitrogen and oxygen atoms in total. The van der Waals surface area contributed by atoms with Gasteiger partial charge in [-0.1, -0.05) is 54.6 Å². The van der Waals surface area contributed by atoms with E-state index in [0.29, 0.717) is 5.56 Å². The van der Waals surface area contributed by atoms with E-state index in [9.17, 15) is 4.79 Å². The molecule has 0 saturated heterocycles. The largest absolute Gasteiger partial charge is 0.366 e. The molecule has 1 amide bonds. The van der Waals surface area contributed by atoms with E-state index in [1.807, 2.05) is 24.3 Å². The van der Waals surface area contributed by atoms with Crippen LogP contribution in [0.5, 0.6) is 0 Å². The van der Waals surface area contributed by atoms with Gasteiger partial charge in [-0.2, -0.15) is 0 Å². The molecule has 0 aliphatic carbocycles. The molecule has 0 aliphatic heterocycles. The molecule has 4 aromatic rings. The number of hydrogen-bond acceptors (Lipinski definition) is 1. The van der Waals surface area contributed by atoms with E-state index >= 15 is 0 Å². The molecule has 21 heavy (non-hydrogen) atoms. The lowest BCUT2D eigenvalue weighted by molar-refractivity contribution is 0.100. The third-order valence-electron chi connectivity index (χ3n) is 4.03. The molecular formula is C19H13NO. The molecule has 0 aliphatic rings. The molecule has 0 heterocycles. The van der Waals surface area contributed by atoms with Crippen LogP contribution >= 0.6 is 0 Å². The summed E-state index contributed by atoms with van der Waals surface area (Å²) in [6.45, 7) is 0. The van der Waals surface area contributed by atoms with Gasteiger partial charge in [-0.25, -0.2) is 0 Å². The second-order valence-corrected chi connectivity index (χ2v) is 5.25. The average molecular weight is 271 g/mol. The molecule has 2 N–H and O–H groups in total. The van der Waals surface area contributed by atoms with Gasteiger partial charge in [0, 0.05) is 5.56 Å². The minimum absolute atomic E-state index is 0.394. The van der Waals surface area contributed by atoms with Crippen LogP contribution in [0.2, 0.25) is 0 Å². The minimum Gasteiger partial charge on any atom is -0.366 e. The first-order chi connectivity index (χ1) is 10.2. The summed E-state index contributed by atoms with van der Waals surface area (Å²) in [6, 6.07) is 22.4. The van der Waals surface area contributed by atoms with Crippen molar-refractivity contribution in [3.63, 3.8) is 0 Å². The summed E-state index contributed by atoms with van der Waals surface area (Å²) in [5, 5.41) is 6.96. The molecule has 100 valence electrons. The summed E-state index contributed by atoms with van der Waals surface area (Å²) in [6.07, 6.45) is 0. The van der Waals surface area contributed by atoms with E-state index in [-0.39, 0.29) is 0 Å². The van der Waals surface area contributed by atoms with Crippen LogP contribution in [0.3, 0.4) is 0 Å². The van der Waals surface area contributed by atoms with Crippen molar-refractivity contribution < 1.29 is 4.79 Å². The maximum Gasteiger partial charge on any atom is 0.248 e. The average Bonchev–Trinajstić information content (AvgIpc) is 2.53. The van der Waals surface area contributed by atoms with E-state index in [1.165, 1.54) is 16.2 Å². The van der Waals surface area contributed by atoms with Crippen molar-refractivity contribution in [2.75, 3.05) is 0 Å². The van der Waals surface area contributed by atoms with E-state index < -0.39 is 5.91 Å². The fourth-order valence-corrected chi connectivity index (χ4v) is 2.97. The molecule has 0 atom stereocenters. The van der Waals surface area contributed by atoms with Gasteiger partial charge in [0.05, 0.1) is 0 Å². The number of amides is 1. The highest BCUT2D eigenvalue weighted by molar-refractivity contribution is 6.18. The quantitative estimate of drug-likeness (QED) is 0.517. The van der Waals surface area contributed by atoms with Crippen molar-refractivity contribution in [1.29, 1.82) is 0 Å². The monoisotopic (exact) mass is 271 g/mol.